The maximum Gasteiger partial charge on any atom is 0.338 e. The SMILES string of the molecule is CC1CCC(C(C)C)C(OC(=O)c2cc(C(C)C)cc(C(C)C)c2)C1. The Balaban J connectivity index is 2.24. The van der Waals surface area contributed by atoms with E-state index in [1.807, 2.05) is 12.1 Å². The van der Waals surface area contributed by atoms with Crippen LogP contribution in [0.1, 0.15) is 101 Å². The smallest absolute Gasteiger partial charge is 0.338 e. The van der Waals surface area contributed by atoms with Gasteiger partial charge >= 0.3 is 5.97 Å². The summed E-state index contributed by atoms with van der Waals surface area (Å²) in [6.45, 7) is 15.5. The van der Waals surface area contributed by atoms with E-state index in [2.05, 4.69) is 54.5 Å². The van der Waals surface area contributed by atoms with Gasteiger partial charge in [0, 0.05) is 0 Å². The van der Waals surface area contributed by atoms with E-state index in [-0.39, 0.29) is 12.1 Å². The molecule has 0 bridgehead atoms. The van der Waals surface area contributed by atoms with Crippen LogP contribution in [0.4, 0.5) is 0 Å². The summed E-state index contributed by atoms with van der Waals surface area (Å²) in [6.07, 6.45) is 3.47. The predicted octanol–water partition coefficient (Wildman–Crippen LogP) is 6.55. The van der Waals surface area contributed by atoms with Crippen molar-refractivity contribution in [2.45, 2.75) is 85.7 Å². The highest BCUT2D eigenvalue weighted by Gasteiger charge is 2.33. The molecule has 1 aliphatic carbocycles. The largest absolute Gasteiger partial charge is 0.458 e. The van der Waals surface area contributed by atoms with Crippen LogP contribution in [-0.2, 0) is 4.74 Å². The predicted molar refractivity (Wildman–Crippen MR) is 105 cm³/mol. The van der Waals surface area contributed by atoms with Crippen LogP contribution in [0.3, 0.4) is 0 Å². The first-order chi connectivity index (χ1) is 11.7. The van der Waals surface area contributed by atoms with Crippen molar-refractivity contribution in [3.63, 3.8) is 0 Å². The number of rotatable bonds is 5. The molecule has 140 valence electrons. The fourth-order valence-corrected chi connectivity index (χ4v) is 3.92. The van der Waals surface area contributed by atoms with Crippen LogP contribution in [0.15, 0.2) is 18.2 Å². The molecular weight excluding hydrogens is 308 g/mol. The van der Waals surface area contributed by atoms with E-state index >= 15 is 0 Å². The van der Waals surface area contributed by atoms with E-state index in [0.717, 1.165) is 12.0 Å². The Morgan fingerprint density at radius 3 is 2.00 bits per heavy atom. The monoisotopic (exact) mass is 344 g/mol. The molecule has 0 N–H and O–H groups in total. The standard InChI is InChI=1S/C23H36O2/c1-14(2)18-11-19(15(3)4)13-20(12-18)23(24)25-22-10-17(7)8-9-21(22)16(5)6/h11-17,21-22H,8-10H2,1-7H3. The number of ether oxygens (including phenoxy) is 1. The number of carbonyl (C=O) groups is 1. The molecule has 2 nitrogen and oxygen atoms in total. The molecule has 3 atom stereocenters. The molecular formula is C23H36O2. The summed E-state index contributed by atoms with van der Waals surface area (Å²) in [6, 6.07) is 6.27. The number of esters is 1. The zero-order chi connectivity index (χ0) is 18.7. The fourth-order valence-electron chi connectivity index (χ4n) is 3.92. The minimum Gasteiger partial charge on any atom is -0.458 e. The van der Waals surface area contributed by atoms with Crippen molar-refractivity contribution >= 4 is 5.97 Å². The zero-order valence-corrected chi connectivity index (χ0v) is 17.1. The summed E-state index contributed by atoms with van der Waals surface area (Å²) in [4.78, 5) is 12.9. The van der Waals surface area contributed by atoms with Crippen LogP contribution in [0, 0.1) is 17.8 Å². The average Bonchev–Trinajstić information content (AvgIpc) is 2.54. The van der Waals surface area contributed by atoms with Gasteiger partial charge in [-0.3, -0.25) is 0 Å². The van der Waals surface area contributed by atoms with E-state index in [1.165, 1.54) is 24.0 Å². The Labute approximate surface area is 154 Å². The highest BCUT2D eigenvalue weighted by atomic mass is 16.5. The minimum atomic E-state index is -0.144. The number of hydrogen-bond donors (Lipinski definition) is 0. The maximum atomic E-state index is 12.9. The minimum absolute atomic E-state index is 0.0569. The van der Waals surface area contributed by atoms with Gasteiger partial charge in [-0.25, -0.2) is 4.79 Å². The Bertz CT molecular complexity index is 560. The summed E-state index contributed by atoms with van der Waals surface area (Å²) in [5.74, 6) is 2.35. The van der Waals surface area contributed by atoms with Gasteiger partial charge in [0.25, 0.3) is 0 Å². The lowest BCUT2D eigenvalue weighted by Crippen LogP contribution is -2.35. The lowest BCUT2D eigenvalue weighted by molar-refractivity contribution is -0.0174. The Kier molecular flexibility index (Phi) is 6.71. The molecule has 1 aromatic rings. The van der Waals surface area contributed by atoms with Gasteiger partial charge in [-0.2, -0.15) is 0 Å². The molecule has 1 aliphatic rings. The third-order valence-corrected chi connectivity index (χ3v) is 5.77. The fraction of sp³-hybridized carbons (Fsp3) is 0.696. The van der Waals surface area contributed by atoms with Gasteiger partial charge in [0.05, 0.1) is 5.56 Å². The molecule has 1 fully saturated rings. The summed E-state index contributed by atoms with van der Waals surface area (Å²) >= 11 is 0. The normalized spacial score (nSPS) is 24.2. The number of carbonyl (C=O) groups excluding carboxylic acids is 1. The molecule has 25 heavy (non-hydrogen) atoms. The van der Waals surface area contributed by atoms with Crippen LogP contribution in [-0.4, -0.2) is 12.1 Å². The van der Waals surface area contributed by atoms with Crippen LogP contribution in [0.2, 0.25) is 0 Å². The molecule has 2 heteroatoms. The summed E-state index contributed by atoms with van der Waals surface area (Å²) in [7, 11) is 0. The summed E-state index contributed by atoms with van der Waals surface area (Å²) in [5.41, 5.74) is 3.15. The molecule has 0 radical (unpaired) electrons. The van der Waals surface area contributed by atoms with Crippen LogP contribution < -0.4 is 0 Å². The van der Waals surface area contributed by atoms with E-state index in [0.29, 0.717) is 29.6 Å². The first-order valence-corrected chi connectivity index (χ1v) is 10.0. The molecule has 0 aliphatic heterocycles. The van der Waals surface area contributed by atoms with Crippen LogP contribution >= 0.6 is 0 Å². The molecule has 0 amide bonds. The van der Waals surface area contributed by atoms with E-state index < -0.39 is 0 Å². The molecule has 3 unspecified atom stereocenters. The highest BCUT2D eigenvalue weighted by molar-refractivity contribution is 5.90. The van der Waals surface area contributed by atoms with Gasteiger partial charge in [-0.15, -0.1) is 0 Å². The van der Waals surface area contributed by atoms with E-state index in [1.54, 1.807) is 0 Å². The van der Waals surface area contributed by atoms with Crippen molar-refractivity contribution in [2.75, 3.05) is 0 Å². The Morgan fingerprint density at radius 1 is 0.960 bits per heavy atom. The quantitative estimate of drug-likeness (QED) is 0.566. The first-order valence-electron chi connectivity index (χ1n) is 10.0. The van der Waals surface area contributed by atoms with Gasteiger partial charge < -0.3 is 4.74 Å². The van der Waals surface area contributed by atoms with Crippen molar-refractivity contribution in [3.05, 3.63) is 34.9 Å². The van der Waals surface area contributed by atoms with Gasteiger partial charge in [0.15, 0.2) is 0 Å². The molecule has 1 saturated carbocycles. The molecule has 0 aromatic heterocycles. The van der Waals surface area contributed by atoms with Crippen molar-refractivity contribution in [1.82, 2.24) is 0 Å². The Hall–Kier alpha value is -1.31. The third-order valence-electron chi connectivity index (χ3n) is 5.77. The van der Waals surface area contributed by atoms with Gasteiger partial charge in [-0.1, -0.05) is 61.0 Å². The third kappa shape index (κ3) is 5.09. The second kappa shape index (κ2) is 8.38. The van der Waals surface area contributed by atoms with Crippen LogP contribution in [0.25, 0.3) is 0 Å². The summed E-state index contributed by atoms with van der Waals surface area (Å²) < 4.78 is 6.05. The van der Waals surface area contributed by atoms with Gasteiger partial charge in [0.2, 0.25) is 0 Å². The van der Waals surface area contributed by atoms with Gasteiger partial charge in [-0.05, 0) is 65.7 Å². The number of benzene rings is 1. The number of hydrogen-bond acceptors (Lipinski definition) is 2. The van der Waals surface area contributed by atoms with Crippen molar-refractivity contribution in [1.29, 1.82) is 0 Å². The molecule has 1 aromatic carbocycles. The lowest BCUT2D eigenvalue weighted by atomic mass is 9.75. The molecule has 2 rings (SSSR count). The Morgan fingerprint density at radius 2 is 1.52 bits per heavy atom. The first kappa shape index (κ1) is 20.0. The average molecular weight is 345 g/mol. The topological polar surface area (TPSA) is 26.3 Å². The second-order valence-electron chi connectivity index (χ2n) is 8.97. The second-order valence-corrected chi connectivity index (χ2v) is 8.97. The lowest BCUT2D eigenvalue weighted by Gasteiger charge is -2.36. The molecule has 0 heterocycles. The zero-order valence-electron chi connectivity index (χ0n) is 17.1. The maximum absolute atomic E-state index is 12.9. The highest BCUT2D eigenvalue weighted by Crippen LogP contribution is 2.36. The molecule has 0 saturated heterocycles. The summed E-state index contributed by atoms with van der Waals surface area (Å²) in [5, 5.41) is 0. The van der Waals surface area contributed by atoms with Crippen molar-refractivity contribution in [3.8, 4) is 0 Å². The van der Waals surface area contributed by atoms with Crippen molar-refractivity contribution < 1.29 is 9.53 Å². The van der Waals surface area contributed by atoms with E-state index in [4.69, 9.17) is 4.74 Å². The molecule has 0 spiro atoms. The van der Waals surface area contributed by atoms with Crippen LogP contribution in [0.5, 0.6) is 0 Å². The van der Waals surface area contributed by atoms with Gasteiger partial charge in [0.1, 0.15) is 6.10 Å². The van der Waals surface area contributed by atoms with E-state index in [9.17, 15) is 4.79 Å². The van der Waals surface area contributed by atoms with Crippen molar-refractivity contribution in [2.24, 2.45) is 17.8 Å².